The van der Waals surface area contributed by atoms with Crippen LogP contribution in [0.3, 0.4) is 0 Å². The van der Waals surface area contributed by atoms with E-state index in [0.717, 1.165) is 16.7 Å². The Balaban J connectivity index is 1.83. The molecule has 0 aliphatic carbocycles. The van der Waals surface area contributed by atoms with Crippen molar-refractivity contribution in [3.63, 3.8) is 0 Å². The van der Waals surface area contributed by atoms with Crippen molar-refractivity contribution in [3.8, 4) is 0 Å². The van der Waals surface area contributed by atoms with Crippen molar-refractivity contribution < 1.29 is 14.3 Å². The first-order valence-electron chi connectivity index (χ1n) is 8.43. The highest BCUT2D eigenvalue weighted by Crippen LogP contribution is 2.23. The number of hydrogen-bond acceptors (Lipinski definition) is 5. The summed E-state index contributed by atoms with van der Waals surface area (Å²) in [7, 11) is 0. The zero-order chi connectivity index (χ0) is 19.1. The molecule has 5 nitrogen and oxygen atoms in total. The van der Waals surface area contributed by atoms with Gasteiger partial charge < -0.3 is 4.74 Å². The second-order valence-electron chi connectivity index (χ2n) is 5.54. The molecule has 27 heavy (non-hydrogen) atoms. The topological polar surface area (TPSA) is 68.3 Å². The van der Waals surface area contributed by atoms with Gasteiger partial charge in [0, 0.05) is 11.5 Å². The van der Waals surface area contributed by atoms with Crippen molar-refractivity contribution in [2.75, 3.05) is 11.9 Å². The minimum atomic E-state index is -0.501. The fourth-order valence-corrected chi connectivity index (χ4v) is 3.15. The van der Waals surface area contributed by atoms with E-state index < -0.39 is 5.97 Å². The lowest BCUT2D eigenvalue weighted by Crippen LogP contribution is -2.10. The average Bonchev–Trinajstić information content (AvgIpc) is 3.16. The maximum absolute atomic E-state index is 12.5. The van der Waals surface area contributed by atoms with Crippen LogP contribution in [0.4, 0.5) is 5.13 Å². The number of nitrogens with one attached hydrogen (secondary N) is 1. The number of carbonyl (C=O) groups excluding carboxylic acids is 2. The standard InChI is InChI=1S/C21H18N2O3S/c1-2-26-20(25)18-14-27-21(22-18)23-19(24)13-17(15-9-5-3-6-10-15)16-11-7-4-8-12-16/h3-14H,2H2,1H3,(H,22,23,24). The van der Waals surface area contributed by atoms with Gasteiger partial charge in [0.05, 0.1) is 6.61 Å². The van der Waals surface area contributed by atoms with Crippen LogP contribution < -0.4 is 5.32 Å². The Labute approximate surface area is 161 Å². The highest BCUT2D eigenvalue weighted by atomic mass is 32.1. The fourth-order valence-electron chi connectivity index (χ4n) is 2.47. The molecule has 0 atom stereocenters. The lowest BCUT2D eigenvalue weighted by molar-refractivity contribution is -0.111. The van der Waals surface area contributed by atoms with Gasteiger partial charge >= 0.3 is 5.97 Å². The van der Waals surface area contributed by atoms with Gasteiger partial charge in [0.15, 0.2) is 10.8 Å². The van der Waals surface area contributed by atoms with Crippen LogP contribution in [0.5, 0.6) is 0 Å². The van der Waals surface area contributed by atoms with Crippen LogP contribution in [0, 0.1) is 0 Å². The third kappa shape index (κ3) is 4.89. The Morgan fingerprint density at radius 1 is 1.04 bits per heavy atom. The van der Waals surface area contributed by atoms with E-state index in [2.05, 4.69) is 10.3 Å². The molecule has 0 radical (unpaired) electrons. The predicted octanol–water partition coefficient (Wildman–Crippen LogP) is 4.39. The molecule has 3 aromatic rings. The van der Waals surface area contributed by atoms with Crippen molar-refractivity contribution in [1.82, 2.24) is 4.98 Å². The molecular formula is C21H18N2O3S. The number of esters is 1. The van der Waals surface area contributed by atoms with E-state index in [1.54, 1.807) is 12.3 Å². The quantitative estimate of drug-likeness (QED) is 0.510. The highest BCUT2D eigenvalue weighted by molar-refractivity contribution is 7.14. The Bertz CT molecular complexity index is 908. The maximum atomic E-state index is 12.5. The van der Waals surface area contributed by atoms with Crippen molar-refractivity contribution in [3.05, 3.63) is 88.9 Å². The zero-order valence-electron chi connectivity index (χ0n) is 14.7. The average molecular weight is 378 g/mol. The van der Waals surface area contributed by atoms with Crippen LogP contribution in [0.25, 0.3) is 5.57 Å². The summed E-state index contributed by atoms with van der Waals surface area (Å²) in [6.45, 7) is 2.00. The van der Waals surface area contributed by atoms with E-state index in [4.69, 9.17) is 4.74 Å². The van der Waals surface area contributed by atoms with Gasteiger partial charge in [0.1, 0.15) is 0 Å². The molecule has 6 heteroatoms. The number of anilines is 1. The number of amides is 1. The van der Waals surface area contributed by atoms with Gasteiger partial charge in [-0.3, -0.25) is 10.1 Å². The molecule has 1 aromatic heterocycles. The zero-order valence-corrected chi connectivity index (χ0v) is 15.5. The summed E-state index contributed by atoms with van der Waals surface area (Å²) in [6, 6.07) is 19.4. The second-order valence-corrected chi connectivity index (χ2v) is 6.40. The molecule has 1 N–H and O–H groups in total. The van der Waals surface area contributed by atoms with Gasteiger partial charge in [0.2, 0.25) is 0 Å². The van der Waals surface area contributed by atoms with Crippen LogP contribution in [0.1, 0.15) is 28.5 Å². The number of rotatable bonds is 6. The lowest BCUT2D eigenvalue weighted by Gasteiger charge is -2.08. The molecule has 0 spiro atoms. The summed E-state index contributed by atoms with van der Waals surface area (Å²) in [6.07, 6.45) is 1.54. The Morgan fingerprint density at radius 2 is 1.63 bits per heavy atom. The van der Waals surface area contributed by atoms with E-state index >= 15 is 0 Å². The summed E-state index contributed by atoms with van der Waals surface area (Å²) in [5.74, 6) is -0.818. The summed E-state index contributed by atoms with van der Waals surface area (Å²) in [5.41, 5.74) is 2.86. The number of hydrogen-bond donors (Lipinski definition) is 1. The van der Waals surface area contributed by atoms with Crippen LogP contribution in [0.15, 0.2) is 72.1 Å². The molecule has 0 saturated carbocycles. The van der Waals surface area contributed by atoms with E-state index in [1.807, 2.05) is 60.7 Å². The monoisotopic (exact) mass is 378 g/mol. The minimum Gasteiger partial charge on any atom is -0.461 e. The summed E-state index contributed by atoms with van der Waals surface area (Å²) in [4.78, 5) is 28.3. The third-order valence-corrected chi connectivity index (χ3v) is 4.42. The molecule has 1 heterocycles. The lowest BCUT2D eigenvalue weighted by atomic mass is 9.97. The largest absolute Gasteiger partial charge is 0.461 e. The molecule has 0 unspecified atom stereocenters. The third-order valence-electron chi connectivity index (χ3n) is 3.66. The number of benzene rings is 2. The van der Waals surface area contributed by atoms with E-state index in [-0.39, 0.29) is 18.2 Å². The predicted molar refractivity (Wildman–Crippen MR) is 107 cm³/mol. The van der Waals surface area contributed by atoms with E-state index in [9.17, 15) is 9.59 Å². The minimum absolute atomic E-state index is 0.187. The van der Waals surface area contributed by atoms with Crippen LogP contribution in [0.2, 0.25) is 0 Å². The van der Waals surface area contributed by atoms with Crippen molar-refractivity contribution in [2.45, 2.75) is 6.92 Å². The highest BCUT2D eigenvalue weighted by Gasteiger charge is 2.13. The first-order valence-corrected chi connectivity index (χ1v) is 9.31. The molecule has 1 amide bonds. The molecule has 0 aliphatic heterocycles. The second kappa shape index (κ2) is 8.91. The van der Waals surface area contributed by atoms with Gasteiger partial charge in [-0.25, -0.2) is 9.78 Å². The van der Waals surface area contributed by atoms with Gasteiger partial charge in [-0.1, -0.05) is 60.7 Å². The molecule has 0 bridgehead atoms. The molecule has 0 fully saturated rings. The van der Waals surface area contributed by atoms with Gasteiger partial charge in [0.25, 0.3) is 5.91 Å². The Kier molecular flexibility index (Phi) is 6.12. The smallest absolute Gasteiger partial charge is 0.357 e. The van der Waals surface area contributed by atoms with Crippen molar-refractivity contribution in [2.24, 2.45) is 0 Å². The first kappa shape index (κ1) is 18.5. The van der Waals surface area contributed by atoms with Gasteiger partial charge in [-0.05, 0) is 23.6 Å². The Hall–Kier alpha value is -3.25. The maximum Gasteiger partial charge on any atom is 0.357 e. The molecule has 3 rings (SSSR count). The Morgan fingerprint density at radius 3 is 2.19 bits per heavy atom. The van der Waals surface area contributed by atoms with E-state index in [1.165, 1.54) is 17.4 Å². The normalized spacial score (nSPS) is 10.1. The SMILES string of the molecule is CCOC(=O)c1csc(NC(=O)C=C(c2ccccc2)c2ccccc2)n1. The van der Waals surface area contributed by atoms with Gasteiger partial charge in [-0.15, -0.1) is 11.3 Å². The number of aromatic nitrogens is 1. The fraction of sp³-hybridized carbons (Fsp3) is 0.0952. The number of thiazole rings is 1. The number of carbonyl (C=O) groups is 2. The summed E-state index contributed by atoms with van der Waals surface area (Å²) >= 11 is 1.18. The van der Waals surface area contributed by atoms with Gasteiger partial charge in [-0.2, -0.15) is 0 Å². The molecule has 2 aromatic carbocycles. The molecule has 0 saturated heterocycles. The summed E-state index contributed by atoms with van der Waals surface area (Å²) in [5, 5.41) is 4.62. The molecular weight excluding hydrogens is 360 g/mol. The van der Waals surface area contributed by atoms with E-state index in [0.29, 0.717) is 5.13 Å². The summed E-state index contributed by atoms with van der Waals surface area (Å²) < 4.78 is 4.91. The number of nitrogens with zero attached hydrogens (tertiary/aromatic N) is 1. The first-order chi connectivity index (χ1) is 13.2. The molecule has 0 aliphatic rings. The van der Waals surface area contributed by atoms with Crippen LogP contribution in [-0.4, -0.2) is 23.5 Å². The van der Waals surface area contributed by atoms with Crippen LogP contribution in [-0.2, 0) is 9.53 Å². The number of ether oxygens (including phenoxy) is 1. The van der Waals surface area contributed by atoms with Crippen LogP contribution >= 0.6 is 11.3 Å². The molecule has 136 valence electrons. The van der Waals surface area contributed by atoms with Crippen molar-refractivity contribution >= 4 is 33.9 Å². The van der Waals surface area contributed by atoms with Crippen molar-refractivity contribution in [1.29, 1.82) is 0 Å².